The third-order valence-corrected chi connectivity index (χ3v) is 4.99. The van der Waals surface area contributed by atoms with E-state index >= 15 is 0 Å². The molecule has 1 aliphatic carbocycles. The number of nitrogens with one attached hydrogen (secondary N) is 1. The molecule has 0 saturated heterocycles. The summed E-state index contributed by atoms with van der Waals surface area (Å²) in [6.45, 7) is 2.22. The topological polar surface area (TPSA) is 77.6 Å². The standard InChI is InChI=1S/C19H20N4O3S/c1-11-8-15(11)16-7-5-13(26-16)10-20-23-18(21-22-19(23)27)14-6-4-12(24-2)9-17(14)25-3/h4-7,9-11,15H,8H2,1-3H3,(H,22,27)/b20-10-/t11-,15-/m0/s1. The van der Waals surface area contributed by atoms with Crippen LogP contribution in [0.5, 0.6) is 11.5 Å². The molecule has 3 aromatic rings. The van der Waals surface area contributed by atoms with Crippen molar-refractivity contribution in [2.24, 2.45) is 11.0 Å². The minimum Gasteiger partial charge on any atom is -0.497 e. The number of H-pyrrole nitrogens is 1. The smallest absolute Gasteiger partial charge is 0.216 e. The first-order valence-electron chi connectivity index (χ1n) is 8.64. The van der Waals surface area contributed by atoms with E-state index in [1.165, 1.54) is 6.42 Å². The van der Waals surface area contributed by atoms with Gasteiger partial charge in [0.2, 0.25) is 4.77 Å². The van der Waals surface area contributed by atoms with Crippen LogP contribution in [0.3, 0.4) is 0 Å². The van der Waals surface area contributed by atoms with Gasteiger partial charge in [0.1, 0.15) is 23.0 Å². The molecule has 1 aromatic carbocycles. The summed E-state index contributed by atoms with van der Waals surface area (Å²) in [6.07, 6.45) is 2.82. The fraction of sp³-hybridized carbons (Fsp3) is 0.316. The van der Waals surface area contributed by atoms with E-state index in [4.69, 9.17) is 26.1 Å². The van der Waals surface area contributed by atoms with Gasteiger partial charge in [-0.2, -0.15) is 14.9 Å². The first-order valence-corrected chi connectivity index (χ1v) is 9.05. The molecule has 0 amide bonds. The van der Waals surface area contributed by atoms with Gasteiger partial charge in [-0.25, -0.2) is 5.10 Å². The second-order valence-electron chi connectivity index (χ2n) is 6.53. The average Bonchev–Trinajstić information content (AvgIpc) is 3.07. The molecule has 0 bridgehead atoms. The number of aromatic amines is 1. The zero-order chi connectivity index (χ0) is 19.0. The van der Waals surface area contributed by atoms with Crippen molar-refractivity contribution in [3.8, 4) is 22.9 Å². The van der Waals surface area contributed by atoms with Crippen molar-refractivity contribution < 1.29 is 13.9 Å². The molecule has 8 heteroatoms. The van der Waals surface area contributed by atoms with Gasteiger partial charge in [0.05, 0.1) is 26.0 Å². The van der Waals surface area contributed by atoms with E-state index in [-0.39, 0.29) is 0 Å². The zero-order valence-corrected chi connectivity index (χ0v) is 16.1. The number of benzene rings is 1. The fourth-order valence-corrected chi connectivity index (χ4v) is 3.21. The highest BCUT2D eigenvalue weighted by Gasteiger charge is 2.36. The number of furan rings is 1. The lowest BCUT2D eigenvalue weighted by molar-refractivity contribution is 0.395. The van der Waals surface area contributed by atoms with Crippen LogP contribution >= 0.6 is 12.2 Å². The molecular formula is C19H20N4O3S. The van der Waals surface area contributed by atoms with Gasteiger partial charge in [0, 0.05) is 12.0 Å². The molecule has 4 rings (SSSR count). The lowest BCUT2D eigenvalue weighted by Gasteiger charge is -2.09. The summed E-state index contributed by atoms with van der Waals surface area (Å²) in [5.74, 6) is 4.76. The monoisotopic (exact) mass is 384 g/mol. The predicted molar refractivity (Wildman–Crippen MR) is 104 cm³/mol. The molecule has 7 nitrogen and oxygen atoms in total. The summed E-state index contributed by atoms with van der Waals surface area (Å²) in [7, 11) is 3.20. The molecule has 2 atom stereocenters. The van der Waals surface area contributed by atoms with Crippen LogP contribution in [-0.4, -0.2) is 35.3 Å². The van der Waals surface area contributed by atoms with E-state index in [9.17, 15) is 0 Å². The quantitative estimate of drug-likeness (QED) is 0.508. The van der Waals surface area contributed by atoms with Crippen molar-refractivity contribution in [3.05, 3.63) is 46.6 Å². The number of nitrogens with zero attached hydrogens (tertiary/aromatic N) is 3. The van der Waals surface area contributed by atoms with Crippen LogP contribution in [0.4, 0.5) is 0 Å². The van der Waals surface area contributed by atoms with Crippen LogP contribution in [0, 0.1) is 10.7 Å². The summed E-state index contributed by atoms with van der Waals surface area (Å²) in [6, 6.07) is 9.41. The molecule has 1 saturated carbocycles. The molecular weight excluding hydrogens is 364 g/mol. The number of rotatable bonds is 6. The summed E-state index contributed by atoms with van der Waals surface area (Å²) < 4.78 is 18.5. The van der Waals surface area contributed by atoms with Gasteiger partial charge in [-0.3, -0.25) is 0 Å². The Hall–Kier alpha value is -2.87. The van der Waals surface area contributed by atoms with Crippen LogP contribution in [0.25, 0.3) is 11.4 Å². The Morgan fingerprint density at radius 3 is 2.81 bits per heavy atom. The Labute approximate surface area is 161 Å². The molecule has 27 heavy (non-hydrogen) atoms. The van der Waals surface area contributed by atoms with Crippen LogP contribution in [0.15, 0.2) is 39.9 Å². The van der Waals surface area contributed by atoms with Gasteiger partial charge in [-0.1, -0.05) is 6.92 Å². The number of ether oxygens (including phenoxy) is 2. The normalized spacial score (nSPS) is 18.8. The summed E-state index contributed by atoms with van der Waals surface area (Å²) in [4.78, 5) is 0. The molecule has 2 heterocycles. The van der Waals surface area contributed by atoms with Gasteiger partial charge in [-0.15, -0.1) is 0 Å². The first kappa shape index (κ1) is 17.5. The predicted octanol–water partition coefficient (Wildman–Crippen LogP) is 4.22. The van der Waals surface area contributed by atoms with Gasteiger partial charge in [0.15, 0.2) is 5.82 Å². The maximum Gasteiger partial charge on any atom is 0.216 e. The molecule has 0 radical (unpaired) electrons. The maximum atomic E-state index is 5.87. The van der Waals surface area contributed by atoms with E-state index < -0.39 is 0 Å². The first-order chi connectivity index (χ1) is 13.1. The van der Waals surface area contributed by atoms with Crippen LogP contribution in [-0.2, 0) is 0 Å². The SMILES string of the molecule is COc1ccc(-c2n[nH]c(=S)n2/N=C\c2ccc([C@H]3C[C@@H]3C)o2)c(OC)c1. The van der Waals surface area contributed by atoms with Crippen molar-refractivity contribution in [3.63, 3.8) is 0 Å². The van der Waals surface area contributed by atoms with Crippen LogP contribution in [0.1, 0.15) is 30.8 Å². The van der Waals surface area contributed by atoms with Gasteiger partial charge >= 0.3 is 0 Å². The third-order valence-electron chi connectivity index (χ3n) is 4.72. The van der Waals surface area contributed by atoms with E-state index in [0.29, 0.717) is 39.7 Å². The minimum absolute atomic E-state index is 0.377. The molecule has 1 N–H and O–H groups in total. The fourth-order valence-electron chi connectivity index (χ4n) is 3.03. The Kier molecular flexibility index (Phi) is 4.57. The highest BCUT2D eigenvalue weighted by Crippen LogP contribution is 2.47. The largest absolute Gasteiger partial charge is 0.497 e. The number of methoxy groups -OCH3 is 2. The zero-order valence-electron chi connectivity index (χ0n) is 15.3. The molecule has 1 fully saturated rings. The van der Waals surface area contributed by atoms with Gasteiger partial charge in [-0.05, 0) is 48.8 Å². The van der Waals surface area contributed by atoms with Gasteiger partial charge in [0.25, 0.3) is 0 Å². The second kappa shape index (κ2) is 7.03. The highest BCUT2D eigenvalue weighted by atomic mass is 32.1. The molecule has 140 valence electrons. The maximum absolute atomic E-state index is 5.87. The second-order valence-corrected chi connectivity index (χ2v) is 6.92. The third kappa shape index (κ3) is 3.40. The summed E-state index contributed by atoms with van der Waals surface area (Å²) >= 11 is 5.32. The molecule has 0 spiro atoms. The van der Waals surface area contributed by atoms with Crippen molar-refractivity contribution in [1.82, 2.24) is 14.9 Å². The van der Waals surface area contributed by atoms with Crippen LogP contribution < -0.4 is 9.47 Å². The van der Waals surface area contributed by atoms with E-state index in [1.807, 2.05) is 24.3 Å². The molecule has 2 aromatic heterocycles. The Morgan fingerprint density at radius 2 is 2.11 bits per heavy atom. The van der Waals surface area contributed by atoms with E-state index in [1.54, 1.807) is 31.2 Å². The molecule has 0 aliphatic heterocycles. The Balaban J connectivity index is 1.66. The minimum atomic E-state index is 0.377. The molecule has 0 unspecified atom stereocenters. The average molecular weight is 384 g/mol. The Bertz CT molecular complexity index is 1050. The summed E-state index contributed by atoms with van der Waals surface area (Å²) in [5, 5.41) is 11.5. The lowest BCUT2D eigenvalue weighted by Crippen LogP contribution is -1.97. The number of aromatic nitrogens is 3. The van der Waals surface area contributed by atoms with Gasteiger partial charge < -0.3 is 13.9 Å². The van der Waals surface area contributed by atoms with Crippen molar-refractivity contribution in [2.75, 3.05) is 14.2 Å². The van der Waals surface area contributed by atoms with Crippen molar-refractivity contribution in [2.45, 2.75) is 19.3 Å². The van der Waals surface area contributed by atoms with Crippen molar-refractivity contribution >= 4 is 18.4 Å². The Morgan fingerprint density at radius 1 is 1.30 bits per heavy atom. The van der Waals surface area contributed by atoms with E-state index in [0.717, 1.165) is 11.3 Å². The summed E-state index contributed by atoms with van der Waals surface area (Å²) in [5.41, 5.74) is 0.745. The lowest BCUT2D eigenvalue weighted by atomic mass is 10.2. The molecule has 1 aliphatic rings. The van der Waals surface area contributed by atoms with E-state index in [2.05, 4.69) is 22.2 Å². The number of hydrogen-bond donors (Lipinski definition) is 1. The number of hydrogen-bond acceptors (Lipinski definition) is 6. The van der Waals surface area contributed by atoms with Crippen molar-refractivity contribution in [1.29, 1.82) is 0 Å². The highest BCUT2D eigenvalue weighted by molar-refractivity contribution is 7.71. The van der Waals surface area contributed by atoms with Crippen LogP contribution in [0.2, 0.25) is 0 Å².